The molecule has 0 fully saturated rings. The van der Waals surface area contributed by atoms with Crippen LogP contribution < -0.4 is 16.5 Å². The van der Waals surface area contributed by atoms with Crippen LogP contribution in [0.1, 0.15) is 15.9 Å². The summed E-state index contributed by atoms with van der Waals surface area (Å²) < 4.78 is 0. The molecule has 2 heterocycles. The van der Waals surface area contributed by atoms with Crippen molar-refractivity contribution >= 4 is 22.8 Å². The van der Waals surface area contributed by atoms with E-state index in [0.717, 1.165) is 5.56 Å². The van der Waals surface area contributed by atoms with E-state index in [1.165, 1.54) is 6.20 Å². The van der Waals surface area contributed by atoms with E-state index in [1.807, 2.05) is 30.3 Å². The predicted octanol–water partition coefficient (Wildman–Crippen LogP) is 1.63. The lowest BCUT2D eigenvalue weighted by molar-refractivity contribution is 0.0999. The molecule has 6 heteroatoms. The van der Waals surface area contributed by atoms with E-state index < -0.39 is 11.3 Å². The van der Waals surface area contributed by atoms with E-state index in [1.54, 1.807) is 12.1 Å². The number of benzene rings is 1. The van der Waals surface area contributed by atoms with Gasteiger partial charge in [-0.05, 0) is 17.7 Å². The molecule has 0 atom stereocenters. The number of hydrogen-bond acceptors (Lipinski definition) is 4. The highest BCUT2D eigenvalue weighted by Gasteiger charge is 2.11. The Bertz CT molecular complexity index is 888. The average Bonchev–Trinajstić information content (AvgIpc) is 2.54. The van der Waals surface area contributed by atoms with Crippen molar-refractivity contribution in [1.29, 1.82) is 0 Å². The van der Waals surface area contributed by atoms with Gasteiger partial charge in [-0.3, -0.25) is 9.59 Å². The fourth-order valence-electron chi connectivity index (χ4n) is 2.16. The van der Waals surface area contributed by atoms with Gasteiger partial charge < -0.3 is 16.0 Å². The second kappa shape index (κ2) is 5.69. The topological polar surface area (TPSA) is 101 Å². The highest BCUT2D eigenvalue weighted by molar-refractivity contribution is 5.95. The summed E-state index contributed by atoms with van der Waals surface area (Å²) in [6, 6.07) is 13.3. The van der Waals surface area contributed by atoms with Gasteiger partial charge in [0.15, 0.2) is 0 Å². The van der Waals surface area contributed by atoms with Crippen molar-refractivity contribution in [3.8, 4) is 0 Å². The van der Waals surface area contributed by atoms with Crippen LogP contribution in [0.25, 0.3) is 11.0 Å². The number of amides is 1. The highest BCUT2D eigenvalue weighted by Crippen LogP contribution is 2.12. The van der Waals surface area contributed by atoms with Crippen LogP contribution >= 0.6 is 0 Å². The van der Waals surface area contributed by atoms with Crippen LogP contribution in [0.2, 0.25) is 0 Å². The van der Waals surface area contributed by atoms with Gasteiger partial charge in [0.2, 0.25) is 5.43 Å². The van der Waals surface area contributed by atoms with Crippen LogP contribution in [0.4, 0.5) is 5.82 Å². The van der Waals surface area contributed by atoms with Crippen LogP contribution in [0.15, 0.2) is 53.5 Å². The number of rotatable bonds is 4. The van der Waals surface area contributed by atoms with Gasteiger partial charge >= 0.3 is 0 Å². The number of aromatic nitrogens is 2. The van der Waals surface area contributed by atoms with Crippen LogP contribution in [-0.2, 0) is 6.54 Å². The quantitative estimate of drug-likeness (QED) is 0.680. The molecule has 1 aromatic carbocycles. The molecule has 0 radical (unpaired) electrons. The Kier molecular flexibility index (Phi) is 3.57. The lowest BCUT2D eigenvalue weighted by Gasteiger charge is -2.07. The first-order valence-electron chi connectivity index (χ1n) is 6.75. The zero-order valence-electron chi connectivity index (χ0n) is 11.7. The van der Waals surface area contributed by atoms with Crippen LogP contribution in [0.3, 0.4) is 0 Å². The van der Waals surface area contributed by atoms with Crippen molar-refractivity contribution in [3.05, 3.63) is 70.0 Å². The number of nitrogens with one attached hydrogen (secondary N) is 2. The molecule has 4 N–H and O–H groups in total. The summed E-state index contributed by atoms with van der Waals surface area (Å²) in [6.45, 7) is 0.590. The smallest absolute Gasteiger partial charge is 0.254 e. The molecular formula is C16H14N4O2. The third kappa shape index (κ3) is 2.67. The first-order chi connectivity index (χ1) is 10.6. The highest BCUT2D eigenvalue weighted by atomic mass is 16.2. The van der Waals surface area contributed by atoms with E-state index in [0.29, 0.717) is 17.9 Å². The Morgan fingerprint density at radius 3 is 2.68 bits per heavy atom. The van der Waals surface area contributed by atoms with Gasteiger partial charge in [0.25, 0.3) is 5.91 Å². The molecule has 22 heavy (non-hydrogen) atoms. The number of fused-ring (bicyclic) bond motifs is 1. The van der Waals surface area contributed by atoms with E-state index in [2.05, 4.69) is 15.3 Å². The molecular weight excluding hydrogens is 280 g/mol. The number of anilines is 1. The lowest BCUT2D eigenvalue weighted by atomic mass is 10.2. The molecule has 110 valence electrons. The third-order valence-corrected chi connectivity index (χ3v) is 3.31. The molecule has 0 aliphatic rings. The first-order valence-corrected chi connectivity index (χ1v) is 6.75. The van der Waals surface area contributed by atoms with Gasteiger partial charge in [0.1, 0.15) is 16.9 Å². The fourth-order valence-corrected chi connectivity index (χ4v) is 2.16. The second-order valence-electron chi connectivity index (χ2n) is 4.83. The molecule has 3 rings (SSSR count). The van der Waals surface area contributed by atoms with Crippen LogP contribution in [0, 0.1) is 0 Å². The normalized spacial score (nSPS) is 10.5. The number of carbonyl (C=O) groups is 1. The second-order valence-corrected chi connectivity index (χ2v) is 4.83. The monoisotopic (exact) mass is 294 g/mol. The predicted molar refractivity (Wildman–Crippen MR) is 84.7 cm³/mol. The standard InChI is InChI=1S/C16H14N4O2/c17-16(22)11-9-18-12-6-7-13(20-14(12)15(11)21)19-8-10-4-2-1-3-5-10/h1-7,9H,8H2,(H2,17,22)(H,18,21)(H,19,20). The summed E-state index contributed by atoms with van der Waals surface area (Å²) in [7, 11) is 0. The Morgan fingerprint density at radius 1 is 1.18 bits per heavy atom. The molecule has 0 aliphatic carbocycles. The number of hydrogen-bond donors (Lipinski definition) is 3. The lowest BCUT2D eigenvalue weighted by Crippen LogP contribution is -2.22. The molecule has 0 unspecified atom stereocenters. The summed E-state index contributed by atoms with van der Waals surface area (Å²) in [5, 5.41) is 3.15. The van der Waals surface area contributed by atoms with Crippen molar-refractivity contribution in [2.75, 3.05) is 5.32 Å². The number of nitrogens with two attached hydrogens (primary N) is 1. The minimum atomic E-state index is -0.771. The number of primary amides is 1. The number of nitrogens with zero attached hydrogens (tertiary/aromatic N) is 1. The minimum absolute atomic E-state index is 0.0970. The molecule has 0 spiro atoms. The zero-order chi connectivity index (χ0) is 15.5. The summed E-state index contributed by atoms with van der Waals surface area (Å²) >= 11 is 0. The van der Waals surface area contributed by atoms with E-state index in [9.17, 15) is 9.59 Å². The molecule has 6 nitrogen and oxygen atoms in total. The molecule has 2 aromatic heterocycles. The van der Waals surface area contributed by atoms with Gasteiger partial charge in [0.05, 0.1) is 5.52 Å². The van der Waals surface area contributed by atoms with Gasteiger partial charge in [-0.25, -0.2) is 4.98 Å². The summed E-state index contributed by atoms with van der Waals surface area (Å²) in [5.41, 5.74) is 6.46. The molecule has 3 aromatic rings. The van der Waals surface area contributed by atoms with Crippen molar-refractivity contribution in [2.24, 2.45) is 5.73 Å². The number of pyridine rings is 2. The third-order valence-electron chi connectivity index (χ3n) is 3.31. The Balaban J connectivity index is 1.93. The Morgan fingerprint density at radius 2 is 1.95 bits per heavy atom. The van der Waals surface area contributed by atoms with Crippen molar-refractivity contribution in [1.82, 2.24) is 9.97 Å². The minimum Gasteiger partial charge on any atom is -0.366 e. The Labute approximate surface area is 126 Å². The summed E-state index contributed by atoms with van der Waals surface area (Å²) in [5.74, 6) is -0.212. The number of H-pyrrole nitrogens is 1. The van der Waals surface area contributed by atoms with Crippen LogP contribution in [0.5, 0.6) is 0 Å². The van der Waals surface area contributed by atoms with Gasteiger partial charge in [0, 0.05) is 12.7 Å². The van der Waals surface area contributed by atoms with Gasteiger partial charge in [-0.1, -0.05) is 30.3 Å². The maximum absolute atomic E-state index is 12.2. The van der Waals surface area contributed by atoms with Crippen molar-refractivity contribution in [3.63, 3.8) is 0 Å². The molecule has 1 amide bonds. The average molecular weight is 294 g/mol. The summed E-state index contributed by atoms with van der Waals surface area (Å²) in [6.07, 6.45) is 1.31. The Hall–Kier alpha value is -3.15. The van der Waals surface area contributed by atoms with Crippen LogP contribution in [-0.4, -0.2) is 15.9 Å². The van der Waals surface area contributed by atoms with E-state index >= 15 is 0 Å². The number of aromatic amines is 1. The maximum Gasteiger partial charge on any atom is 0.254 e. The van der Waals surface area contributed by atoms with E-state index in [-0.39, 0.29) is 11.1 Å². The molecule has 0 bridgehead atoms. The SMILES string of the molecule is NC(=O)c1c[nH]c2ccc(NCc3ccccc3)nc2c1=O. The fraction of sp³-hybridized carbons (Fsp3) is 0.0625. The summed E-state index contributed by atoms with van der Waals surface area (Å²) in [4.78, 5) is 30.5. The zero-order valence-corrected chi connectivity index (χ0v) is 11.7. The van der Waals surface area contributed by atoms with Gasteiger partial charge in [-0.2, -0.15) is 0 Å². The van der Waals surface area contributed by atoms with Gasteiger partial charge in [-0.15, -0.1) is 0 Å². The van der Waals surface area contributed by atoms with Crippen molar-refractivity contribution in [2.45, 2.75) is 6.54 Å². The number of carbonyl (C=O) groups excluding carboxylic acids is 1. The molecule has 0 saturated heterocycles. The van der Waals surface area contributed by atoms with Crippen molar-refractivity contribution < 1.29 is 4.79 Å². The maximum atomic E-state index is 12.2. The first kappa shape index (κ1) is 13.8. The molecule has 0 saturated carbocycles. The van der Waals surface area contributed by atoms with E-state index in [4.69, 9.17) is 5.73 Å². The largest absolute Gasteiger partial charge is 0.366 e. The molecule has 0 aliphatic heterocycles.